The van der Waals surface area contributed by atoms with Crippen molar-refractivity contribution in [3.05, 3.63) is 16.6 Å². The second kappa shape index (κ2) is 5.94. The van der Waals surface area contributed by atoms with Gasteiger partial charge in [0.25, 0.3) is 0 Å². The van der Waals surface area contributed by atoms with Crippen molar-refractivity contribution in [2.24, 2.45) is 11.7 Å². The van der Waals surface area contributed by atoms with Gasteiger partial charge in [0.1, 0.15) is 0 Å². The van der Waals surface area contributed by atoms with Gasteiger partial charge < -0.3 is 5.73 Å². The fraction of sp³-hybridized carbons (Fsp3) is 0.769. The van der Waals surface area contributed by atoms with E-state index in [4.69, 9.17) is 5.73 Å². The number of aromatic nitrogens is 1. The van der Waals surface area contributed by atoms with Crippen LogP contribution in [0.2, 0.25) is 0 Å². The lowest BCUT2D eigenvalue weighted by Gasteiger charge is -2.40. The lowest BCUT2D eigenvalue weighted by Crippen LogP contribution is -2.43. The van der Waals surface area contributed by atoms with Crippen LogP contribution in [0.1, 0.15) is 43.5 Å². The van der Waals surface area contributed by atoms with Gasteiger partial charge in [-0.2, -0.15) is 0 Å². The van der Waals surface area contributed by atoms with E-state index >= 15 is 0 Å². The van der Waals surface area contributed by atoms with Gasteiger partial charge >= 0.3 is 0 Å². The Kier molecular flexibility index (Phi) is 4.54. The van der Waals surface area contributed by atoms with Crippen LogP contribution in [0.25, 0.3) is 0 Å². The number of hydrogen-bond acceptors (Lipinski definition) is 4. The Hall–Kier alpha value is -0.450. The largest absolute Gasteiger partial charge is 0.330 e. The van der Waals surface area contributed by atoms with Gasteiger partial charge in [-0.1, -0.05) is 12.8 Å². The van der Waals surface area contributed by atoms with E-state index in [-0.39, 0.29) is 0 Å². The Morgan fingerprint density at radius 3 is 2.94 bits per heavy atom. The minimum atomic E-state index is 0.458. The quantitative estimate of drug-likeness (QED) is 0.897. The molecule has 1 aromatic rings. The van der Waals surface area contributed by atoms with Crippen molar-refractivity contribution in [3.63, 3.8) is 0 Å². The SMILES string of the molecule is CC(c1cncs1)N(C)C1CCCCC1CN. The van der Waals surface area contributed by atoms with E-state index in [0.29, 0.717) is 18.0 Å². The third kappa shape index (κ3) is 2.87. The lowest BCUT2D eigenvalue weighted by molar-refractivity contribution is 0.100. The van der Waals surface area contributed by atoms with E-state index in [1.54, 1.807) is 11.3 Å². The summed E-state index contributed by atoms with van der Waals surface area (Å²) in [4.78, 5) is 8.04. The van der Waals surface area contributed by atoms with Crippen LogP contribution in [0.15, 0.2) is 11.7 Å². The molecule has 3 unspecified atom stereocenters. The number of nitrogens with zero attached hydrogens (tertiary/aromatic N) is 2. The van der Waals surface area contributed by atoms with Gasteiger partial charge in [0, 0.05) is 23.2 Å². The van der Waals surface area contributed by atoms with Gasteiger partial charge in [-0.3, -0.25) is 9.88 Å². The second-order valence-electron chi connectivity index (χ2n) is 5.09. The standard InChI is InChI=1S/C13H23N3S/c1-10(13-8-15-9-17-13)16(2)12-6-4-3-5-11(12)7-14/h8-12H,3-7,14H2,1-2H3. The third-order valence-electron chi connectivity index (χ3n) is 4.17. The van der Waals surface area contributed by atoms with Gasteiger partial charge in [-0.05, 0) is 39.3 Å². The Morgan fingerprint density at radius 1 is 1.53 bits per heavy atom. The zero-order valence-corrected chi connectivity index (χ0v) is 11.6. The molecule has 0 amide bonds. The molecule has 0 bridgehead atoms. The van der Waals surface area contributed by atoms with Gasteiger partial charge in [-0.15, -0.1) is 11.3 Å². The van der Waals surface area contributed by atoms with Gasteiger partial charge in [0.2, 0.25) is 0 Å². The summed E-state index contributed by atoms with van der Waals surface area (Å²) in [6.07, 6.45) is 7.27. The molecule has 1 aliphatic carbocycles. The molecule has 0 aliphatic heterocycles. The molecule has 96 valence electrons. The van der Waals surface area contributed by atoms with E-state index in [2.05, 4.69) is 23.9 Å². The van der Waals surface area contributed by atoms with Crippen molar-refractivity contribution >= 4 is 11.3 Å². The predicted molar refractivity (Wildman–Crippen MR) is 73.1 cm³/mol. The van der Waals surface area contributed by atoms with E-state index < -0.39 is 0 Å². The van der Waals surface area contributed by atoms with Crippen LogP contribution in [0.5, 0.6) is 0 Å². The molecule has 2 rings (SSSR count). The Labute approximate surface area is 108 Å². The summed E-state index contributed by atoms with van der Waals surface area (Å²) in [7, 11) is 2.24. The Balaban J connectivity index is 2.04. The highest BCUT2D eigenvalue weighted by Gasteiger charge is 2.30. The highest BCUT2D eigenvalue weighted by Crippen LogP contribution is 2.32. The van der Waals surface area contributed by atoms with Gasteiger partial charge in [0.15, 0.2) is 0 Å². The van der Waals surface area contributed by atoms with Crippen molar-refractivity contribution in [3.8, 4) is 0 Å². The monoisotopic (exact) mass is 253 g/mol. The van der Waals surface area contributed by atoms with Crippen LogP contribution in [0.4, 0.5) is 0 Å². The van der Waals surface area contributed by atoms with E-state index in [1.165, 1.54) is 30.6 Å². The van der Waals surface area contributed by atoms with E-state index in [9.17, 15) is 0 Å². The smallest absolute Gasteiger partial charge is 0.0794 e. The molecule has 4 heteroatoms. The maximum atomic E-state index is 5.91. The molecule has 0 spiro atoms. The first kappa shape index (κ1) is 13.0. The minimum absolute atomic E-state index is 0.458. The molecule has 3 nitrogen and oxygen atoms in total. The van der Waals surface area contributed by atoms with Crippen LogP contribution >= 0.6 is 11.3 Å². The fourth-order valence-electron chi connectivity index (χ4n) is 2.92. The first-order valence-corrected chi connectivity index (χ1v) is 7.42. The van der Waals surface area contributed by atoms with E-state index in [1.807, 2.05) is 11.7 Å². The topological polar surface area (TPSA) is 42.2 Å². The highest BCUT2D eigenvalue weighted by atomic mass is 32.1. The molecule has 0 aromatic carbocycles. The number of nitrogens with two attached hydrogens (primary N) is 1. The molecule has 17 heavy (non-hydrogen) atoms. The van der Waals surface area contributed by atoms with Gasteiger partial charge in [0.05, 0.1) is 5.51 Å². The summed E-state index contributed by atoms with van der Waals surface area (Å²) >= 11 is 1.75. The molecule has 1 aliphatic rings. The zero-order chi connectivity index (χ0) is 12.3. The van der Waals surface area contributed by atoms with Crippen LogP contribution < -0.4 is 5.73 Å². The first-order chi connectivity index (χ1) is 8.24. The maximum absolute atomic E-state index is 5.91. The highest BCUT2D eigenvalue weighted by molar-refractivity contribution is 7.09. The number of hydrogen-bond donors (Lipinski definition) is 1. The molecule has 2 N–H and O–H groups in total. The summed E-state index contributed by atoms with van der Waals surface area (Å²) in [6, 6.07) is 1.10. The van der Waals surface area contributed by atoms with E-state index in [0.717, 1.165) is 6.54 Å². The van der Waals surface area contributed by atoms with Crippen LogP contribution in [0.3, 0.4) is 0 Å². The fourth-order valence-corrected chi connectivity index (χ4v) is 3.65. The number of rotatable bonds is 4. The molecule has 1 aromatic heterocycles. The van der Waals surface area contributed by atoms with Gasteiger partial charge in [-0.25, -0.2) is 0 Å². The average Bonchev–Trinajstić information content (AvgIpc) is 2.90. The van der Waals surface area contributed by atoms with Crippen LogP contribution in [0, 0.1) is 5.92 Å². The molecule has 1 heterocycles. The molecule has 3 atom stereocenters. The summed E-state index contributed by atoms with van der Waals surface area (Å²) in [5, 5.41) is 0. The first-order valence-electron chi connectivity index (χ1n) is 6.54. The Bertz CT molecular complexity index is 325. The van der Waals surface area contributed by atoms with Crippen molar-refractivity contribution in [2.45, 2.75) is 44.7 Å². The Morgan fingerprint density at radius 2 is 2.29 bits per heavy atom. The van der Waals surface area contributed by atoms with Crippen molar-refractivity contribution < 1.29 is 0 Å². The van der Waals surface area contributed by atoms with Crippen molar-refractivity contribution in [2.75, 3.05) is 13.6 Å². The molecule has 0 radical (unpaired) electrons. The lowest BCUT2D eigenvalue weighted by atomic mass is 9.83. The normalized spacial score (nSPS) is 27.3. The molecule has 1 saturated carbocycles. The third-order valence-corrected chi connectivity index (χ3v) is 5.11. The average molecular weight is 253 g/mol. The van der Waals surface area contributed by atoms with Crippen LogP contribution in [-0.2, 0) is 0 Å². The maximum Gasteiger partial charge on any atom is 0.0794 e. The zero-order valence-electron chi connectivity index (χ0n) is 10.8. The second-order valence-corrected chi connectivity index (χ2v) is 6.01. The predicted octanol–water partition coefficient (Wildman–Crippen LogP) is 2.65. The van der Waals surface area contributed by atoms with Crippen molar-refractivity contribution in [1.82, 2.24) is 9.88 Å². The van der Waals surface area contributed by atoms with Crippen molar-refractivity contribution in [1.29, 1.82) is 0 Å². The number of thiazole rings is 1. The summed E-state index contributed by atoms with van der Waals surface area (Å²) in [5.41, 5.74) is 7.83. The molecule has 0 saturated heterocycles. The molecular weight excluding hydrogens is 230 g/mol. The van der Waals surface area contributed by atoms with Crippen LogP contribution in [-0.4, -0.2) is 29.5 Å². The minimum Gasteiger partial charge on any atom is -0.330 e. The summed E-state index contributed by atoms with van der Waals surface area (Å²) < 4.78 is 0. The molecule has 1 fully saturated rings. The summed E-state index contributed by atoms with van der Waals surface area (Å²) in [6.45, 7) is 3.10. The summed E-state index contributed by atoms with van der Waals surface area (Å²) in [5.74, 6) is 0.670. The molecular formula is C13H23N3S.